The van der Waals surface area contributed by atoms with E-state index in [2.05, 4.69) is 9.83 Å². The van der Waals surface area contributed by atoms with E-state index in [9.17, 15) is 0 Å². The number of hydrogen-bond acceptors (Lipinski definition) is 1. The Morgan fingerprint density at radius 2 is 2.45 bits per heavy atom. The molecule has 0 aliphatic rings. The molecule has 0 saturated heterocycles. The molecule has 56 valence electrons. The lowest BCUT2D eigenvalue weighted by atomic mass is 10.3. The summed E-state index contributed by atoms with van der Waals surface area (Å²) in [5.74, 6) is 0. The number of halogens is 1. The number of pyridine rings is 1. The summed E-state index contributed by atoms with van der Waals surface area (Å²) < 4.78 is 0. The highest BCUT2D eigenvalue weighted by Gasteiger charge is 1.95. The average Bonchev–Trinajstić information content (AvgIpc) is 2.01. The molecule has 1 rings (SSSR count). The summed E-state index contributed by atoms with van der Waals surface area (Å²) in [5, 5.41) is 0.681. The lowest BCUT2D eigenvalue weighted by Gasteiger charge is -1.93. The van der Waals surface area contributed by atoms with E-state index in [0.717, 1.165) is 5.69 Å². The van der Waals surface area contributed by atoms with Gasteiger partial charge in [0.2, 0.25) is 6.54 Å². The van der Waals surface area contributed by atoms with Gasteiger partial charge in [0, 0.05) is 16.9 Å². The molecule has 0 unspecified atom stereocenters. The number of rotatable bonds is 2. The summed E-state index contributed by atoms with van der Waals surface area (Å²) >= 11 is 5.71. The quantitative estimate of drug-likeness (QED) is 0.616. The van der Waals surface area contributed by atoms with Crippen molar-refractivity contribution in [1.29, 1.82) is 0 Å². The van der Waals surface area contributed by atoms with Crippen LogP contribution in [0.4, 0.5) is 0 Å². The Morgan fingerprint density at radius 1 is 1.64 bits per heavy atom. The maximum atomic E-state index is 6.57. The molecule has 11 heavy (non-hydrogen) atoms. The second kappa shape index (κ2) is 3.95. The van der Waals surface area contributed by atoms with E-state index in [1.807, 2.05) is 0 Å². The van der Waals surface area contributed by atoms with Gasteiger partial charge in [0.1, 0.15) is 0 Å². The van der Waals surface area contributed by atoms with Crippen molar-refractivity contribution in [1.82, 2.24) is 4.98 Å². The van der Waals surface area contributed by atoms with Crippen molar-refractivity contribution in [3.8, 4) is 0 Å². The fourth-order valence-corrected chi connectivity index (χ4v) is 0.938. The second-order valence-corrected chi connectivity index (χ2v) is 2.53. The largest absolute Gasteiger partial charge is 0.317 e. The highest BCUT2D eigenvalue weighted by atomic mass is 35.5. The molecule has 0 radical (unpaired) electrons. The van der Waals surface area contributed by atoms with Gasteiger partial charge in [-0.25, -0.2) is 6.57 Å². The van der Waals surface area contributed by atoms with E-state index in [4.69, 9.17) is 18.2 Å². The minimum Gasteiger partial charge on any atom is -0.317 e. The minimum absolute atomic E-state index is 0.480. The molecule has 0 aliphatic heterocycles. The van der Waals surface area contributed by atoms with Gasteiger partial charge in [0.15, 0.2) is 0 Å². The number of aromatic nitrogens is 1. The van der Waals surface area contributed by atoms with Gasteiger partial charge in [-0.05, 0) is 12.1 Å². The van der Waals surface area contributed by atoms with Gasteiger partial charge >= 0.3 is 0 Å². The topological polar surface area (TPSA) is 17.2 Å². The molecule has 0 aromatic carbocycles. The van der Waals surface area contributed by atoms with Crippen LogP contribution in [0.2, 0.25) is 5.02 Å². The zero-order valence-corrected chi connectivity index (χ0v) is 6.67. The Labute approximate surface area is 70.7 Å². The summed E-state index contributed by atoms with van der Waals surface area (Å²) in [5.41, 5.74) is 0.883. The molecule has 0 amide bonds. The Bertz CT molecular complexity index is 278. The van der Waals surface area contributed by atoms with Crippen LogP contribution in [-0.2, 0) is 6.42 Å². The van der Waals surface area contributed by atoms with Crippen LogP contribution < -0.4 is 0 Å². The highest BCUT2D eigenvalue weighted by molar-refractivity contribution is 6.30. The Morgan fingerprint density at radius 3 is 3.09 bits per heavy atom. The molecule has 3 heteroatoms. The van der Waals surface area contributed by atoms with Crippen LogP contribution >= 0.6 is 11.6 Å². The summed E-state index contributed by atoms with van der Waals surface area (Å²) in [6.07, 6.45) is 2.34. The first-order valence-electron chi connectivity index (χ1n) is 3.26. The predicted molar refractivity (Wildman–Crippen MR) is 44.4 cm³/mol. The van der Waals surface area contributed by atoms with Crippen molar-refractivity contribution < 1.29 is 0 Å². The Kier molecular flexibility index (Phi) is 2.88. The van der Waals surface area contributed by atoms with E-state index in [-0.39, 0.29) is 0 Å². The molecule has 0 fully saturated rings. The molecule has 1 aromatic heterocycles. The van der Waals surface area contributed by atoms with Gasteiger partial charge in [-0.1, -0.05) is 11.6 Å². The third-order valence-electron chi connectivity index (χ3n) is 1.26. The summed E-state index contributed by atoms with van der Waals surface area (Å²) in [4.78, 5) is 7.28. The Balaban J connectivity index is 2.65. The van der Waals surface area contributed by atoms with Crippen molar-refractivity contribution >= 4 is 11.6 Å². The van der Waals surface area contributed by atoms with Gasteiger partial charge in [0.05, 0.1) is 6.42 Å². The summed E-state index contributed by atoms with van der Waals surface area (Å²) in [6.45, 7) is 7.05. The minimum atomic E-state index is 0.480. The van der Waals surface area contributed by atoms with Crippen molar-refractivity contribution in [2.24, 2.45) is 0 Å². The van der Waals surface area contributed by atoms with Gasteiger partial charge in [-0.15, -0.1) is 0 Å². The number of hydrogen-bond donors (Lipinski definition) is 0. The third-order valence-corrected chi connectivity index (χ3v) is 1.49. The zero-order valence-electron chi connectivity index (χ0n) is 5.92. The fourth-order valence-electron chi connectivity index (χ4n) is 0.756. The smallest absolute Gasteiger partial charge is 0.220 e. The summed E-state index contributed by atoms with van der Waals surface area (Å²) in [6, 6.07) is 3.51. The van der Waals surface area contributed by atoms with E-state index in [1.54, 1.807) is 18.3 Å². The highest BCUT2D eigenvalue weighted by Crippen LogP contribution is 2.07. The normalized spacial score (nSPS) is 9.09. The SMILES string of the molecule is [C-]#[N+]CCc1cc(Cl)ccn1. The molecule has 0 bridgehead atoms. The molecule has 1 heterocycles. The van der Waals surface area contributed by atoms with Crippen LogP contribution in [0.15, 0.2) is 18.3 Å². The zero-order chi connectivity index (χ0) is 8.10. The number of nitrogens with zero attached hydrogens (tertiary/aromatic N) is 2. The molecule has 0 atom stereocenters. The molecule has 0 spiro atoms. The third kappa shape index (κ3) is 2.57. The van der Waals surface area contributed by atoms with E-state index >= 15 is 0 Å². The molecule has 0 aliphatic carbocycles. The molecule has 1 aromatic rings. The lowest BCUT2D eigenvalue weighted by Crippen LogP contribution is -1.90. The van der Waals surface area contributed by atoms with Crippen LogP contribution in [-0.4, -0.2) is 11.5 Å². The fraction of sp³-hybridized carbons (Fsp3) is 0.250. The van der Waals surface area contributed by atoms with Crippen molar-refractivity contribution in [3.63, 3.8) is 0 Å². The summed E-state index contributed by atoms with van der Waals surface area (Å²) in [7, 11) is 0. The van der Waals surface area contributed by atoms with Crippen molar-refractivity contribution in [3.05, 3.63) is 40.5 Å². The van der Waals surface area contributed by atoms with Gasteiger partial charge in [-0.3, -0.25) is 4.98 Å². The van der Waals surface area contributed by atoms with Crippen LogP contribution in [0.5, 0.6) is 0 Å². The maximum absolute atomic E-state index is 6.57. The Hall–Kier alpha value is -1.07. The average molecular weight is 167 g/mol. The first kappa shape index (κ1) is 8.03. The van der Waals surface area contributed by atoms with E-state index in [1.165, 1.54) is 0 Å². The van der Waals surface area contributed by atoms with Gasteiger partial charge in [0.25, 0.3) is 0 Å². The lowest BCUT2D eigenvalue weighted by molar-refractivity contribution is 0.999. The van der Waals surface area contributed by atoms with Gasteiger partial charge in [-0.2, -0.15) is 0 Å². The standard InChI is InChI=1S/C8H7ClN2/c1-10-4-3-8-6-7(9)2-5-11-8/h2,5-6H,3-4H2. The molecule has 0 saturated carbocycles. The first-order chi connectivity index (χ1) is 5.33. The molecule has 0 N–H and O–H groups in total. The first-order valence-corrected chi connectivity index (χ1v) is 3.64. The predicted octanol–water partition coefficient (Wildman–Crippen LogP) is 2.20. The second-order valence-electron chi connectivity index (χ2n) is 2.10. The molecular formula is C8H7ClN2. The monoisotopic (exact) mass is 166 g/mol. The maximum Gasteiger partial charge on any atom is 0.220 e. The van der Waals surface area contributed by atoms with E-state index in [0.29, 0.717) is 18.0 Å². The molecular weight excluding hydrogens is 160 g/mol. The molecule has 2 nitrogen and oxygen atoms in total. The van der Waals surface area contributed by atoms with Crippen LogP contribution in [0, 0.1) is 6.57 Å². The van der Waals surface area contributed by atoms with Crippen molar-refractivity contribution in [2.45, 2.75) is 6.42 Å². The van der Waals surface area contributed by atoms with E-state index < -0.39 is 0 Å². The van der Waals surface area contributed by atoms with Crippen LogP contribution in [0.1, 0.15) is 5.69 Å². The van der Waals surface area contributed by atoms with Crippen LogP contribution in [0.25, 0.3) is 4.85 Å². The van der Waals surface area contributed by atoms with Gasteiger partial charge < -0.3 is 4.85 Å². The van der Waals surface area contributed by atoms with Crippen LogP contribution in [0.3, 0.4) is 0 Å². The van der Waals surface area contributed by atoms with Crippen molar-refractivity contribution in [2.75, 3.05) is 6.54 Å².